The summed E-state index contributed by atoms with van der Waals surface area (Å²) in [6.45, 7) is 5.37. The van der Waals surface area contributed by atoms with E-state index in [4.69, 9.17) is 23.5 Å². The molecule has 1 aromatic rings. The van der Waals surface area contributed by atoms with Gasteiger partial charge in [-0.1, -0.05) is 20.8 Å². The van der Waals surface area contributed by atoms with Gasteiger partial charge >= 0.3 is 14.0 Å². The largest absolute Gasteiger partial charge is 0.567 e. The van der Waals surface area contributed by atoms with E-state index in [1.165, 1.54) is 0 Å². The minimum atomic E-state index is -4.35. The van der Waals surface area contributed by atoms with E-state index in [-0.39, 0.29) is 16.9 Å². The van der Waals surface area contributed by atoms with Crippen LogP contribution in [0, 0.1) is 5.41 Å². The summed E-state index contributed by atoms with van der Waals surface area (Å²) in [4.78, 5) is 36.9. The monoisotopic (exact) mass is 267 g/mol. The van der Waals surface area contributed by atoms with Gasteiger partial charge in [-0.25, -0.2) is 4.79 Å². The van der Waals surface area contributed by atoms with E-state index in [9.17, 15) is 4.79 Å². The molecule has 0 aliphatic heterocycles. The van der Waals surface area contributed by atoms with Gasteiger partial charge in [-0.05, 0) is 5.41 Å². The minimum absolute atomic E-state index is 0.0476. The maximum atomic E-state index is 11.0. The zero-order chi connectivity index (χ0) is 13.3. The van der Waals surface area contributed by atoms with Crippen molar-refractivity contribution in [2.45, 2.75) is 33.8 Å². The highest BCUT2D eigenvalue weighted by atomic mass is 31.2. The lowest BCUT2D eigenvalue weighted by atomic mass is 9.90. The molecule has 1 heterocycles. The smallest absolute Gasteiger partial charge is 0.396 e. The first-order valence-corrected chi connectivity index (χ1v) is 6.47. The second-order valence-corrected chi connectivity index (χ2v) is 6.11. The van der Waals surface area contributed by atoms with Gasteiger partial charge in [0.1, 0.15) is 0 Å². The van der Waals surface area contributed by atoms with Gasteiger partial charge in [0.05, 0.1) is 0 Å². The molecule has 0 amide bonds. The molecule has 98 valence electrons. The van der Waals surface area contributed by atoms with Crippen molar-refractivity contribution in [3.63, 3.8) is 0 Å². The first-order chi connectivity index (χ1) is 7.57. The van der Waals surface area contributed by atoms with E-state index in [2.05, 4.69) is 4.52 Å². The third-order valence-electron chi connectivity index (χ3n) is 1.78. The average molecular weight is 267 g/mol. The Morgan fingerprint density at radius 2 is 1.71 bits per heavy atom. The topological polar surface area (TPSA) is 113 Å². The summed E-state index contributed by atoms with van der Waals surface area (Å²) in [5, 5.41) is 0. The fraction of sp³-hybridized carbons (Fsp3) is 0.667. The summed E-state index contributed by atoms with van der Waals surface area (Å²) in [5.41, 5.74) is -0.140. The lowest BCUT2D eigenvalue weighted by Crippen LogP contribution is -2.10. The van der Waals surface area contributed by atoms with Gasteiger partial charge in [0.15, 0.2) is 18.1 Å². The van der Waals surface area contributed by atoms with Crippen molar-refractivity contribution < 1.29 is 28.0 Å². The van der Waals surface area contributed by atoms with E-state index < -0.39 is 20.6 Å². The molecule has 0 unspecified atom stereocenters. The third kappa shape index (κ3) is 5.43. The van der Waals surface area contributed by atoms with Crippen LogP contribution in [0.15, 0.2) is 13.6 Å². The zero-order valence-electron chi connectivity index (χ0n) is 9.84. The summed E-state index contributed by atoms with van der Waals surface area (Å²) in [5.74, 6) is -0.567. The molecule has 0 saturated carbocycles. The predicted octanol–water partition coefficient (Wildman–Crippen LogP) is 0.992. The summed E-state index contributed by atoms with van der Waals surface area (Å²) in [6.07, 6.45) is 0.422. The van der Waals surface area contributed by atoms with Gasteiger partial charge in [-0.2, -0.15) is 14.7 Å². The van der Waals surface area contributed by atoms with Crippen molar-refractivity contribution in [1.82, 2.24) is 0 Å². The molecule has 0 aliphatic rings. The highest BCUT2D eigenvalue weighted by Gasteiger charge is 2.34. The molecule has 0 fully saturated rings. The SMILES string of the molecule is CC(C)(C)Cc1oc(=O)oc1CO[P+](O)(O)O. The normalized spacial score (nSPS) is 13.1. The maximum Gasteiger partial charge on any atom is 0.567 e. The predicted molar refractivity (Wildman–Crippen MR) is 58.8 cm³/mol. The summed E-state index contributed by atoms with van der Waals surface area (Å²) >= 11 is 0. The molecule has 1 rings (SSSR count). The molecule has 7 nitrogen and oxygen atoms in total. The molecular formula is C9H16O7P+. The Bertz CT molecular complexity index is 420. The molecular weight excluding hydrogens is 251 g/mol. The van der Waals surface area contributed by atoms with Crippen molar-refractivity contribution in [2.24, 2.45) is 5.41 Å². The Balaban J connectivity index is 2.82. The molecule has 17 heavy (non-hydrogen) atoms. The van der Waals surface area contributed by atoms with Crippen molar-refractivity contribution in [3.8, 4) is 0 Å². The summed E-state index contributed by atoms with van der Waals surface area (Å²) < 4.78 is 13.9. The van der Waals surface area contributed by atoms with Crippen molar-refractivity contribution in [1.29, 1.82) is 0 Å². The Hall–Kier alpha value is -0.720. The molecule has 8 heteroatoms. The van der Waals surface area contributed by atoms with E-state index >= 15 is 0 Å². The fourth-order valence-corrected chi connectivity index (χ4v) is 1.50. The molecule has 0 spiro atoms. The van der Waals surface area contributed by atoms with Crippen LogP contribution >= 0.6 is 8.17 Å². The molecule has 0 aliphatic carbocycles. The lowest BCUT2D eigenvalue weighted by Gasteiger charge is -2.15. The quantitative estimate of drug-likeness (QED) is 0.697. The maximum absolute atomic E-state index is 11.0. The van der Waals surface area contributed by atoms with E-state index in [0.29, 0.717) is 6.42 Å². The second kappa shape index (κ2) is 4.88. The third-order valence-corrected chi connectivity index (χ3v) is 2.26. The van der Waals surface area contributed by atoms with E-state index in [1.807, 2.05) is 20.8 Å². The molecule has 0 radical (unpaired) electrons. The first-order valence-electron chi connectivity index (χ1n) is 4.90. The molecule has 0 atom stereocenters. The van der Waals surface area contributed by atoms with Crippen molar-refractivity contribution >= 4 is 8.17 Å². The van der Waals surface area contributed by atoms with Crippen LogP contribution in [0.2, 0.25) is 0 Å². The van der Waals surface area contributed by atoms with Crippen LogP contribution in [-0.2, 0) is 17.6 Å². The molecule has 0 saturated heterocycles. The van der Waals surface area contributed by atoms with Gasteiger partial charge in [0, 0.05) is 6.42 Å². The minimum Gasteiger partial charge on any atom is -0.396 e. The Kier molecular flexibility index (Phi) is 4.11. The van der Waals surface area contributed by atoms with E-state index in [0.717, 1.165) is 0 Å². The molecule has 3 N–H and O–H groups in total. The number of rotatable bonds is 4. The Morgan fingerprint density at radius 3 is 2.18 bits per heavy atom. The molecule has 0 aromatic carbocycles. The number of hydrogen-bond donors (Lipinski definition) is 3. The fourth-order valence-electron chi connectivity index (χ4n) is 1.21. The molecule has 1 aromatic heterocycles. The first kappa shape index (κ1) is 14.3. The van der Waals surface area contributed by atoms with Crippen LogP contribution in [0.1, 0.15) is 32.3 Å². The van der Waals surface area contributed by atoms with Gasteiger partial charge in [-0.15, -0.1) is 4.52 Å². The summed E-state index contributed by atoms with van der Waals surface area (Å²) in [6, 6.07) is 0. The van der Waals surface area contributed by atoms with Crippen LogP contribution in [0.3, 0.4) is 0 Å². The van der Waals surface area contributed by atoms with Gasteiger partial charge in [-0.3, -0.25) is 0 Å². The lowest BCUT2D eigenvalue weighted by molar-refractivity contribution is 0.141. The second-order valence-electron chi connectivity index (χ2n) is 4.82. The molecule has 0 bridgehead atoms. The summed E-state index contributed by atoms with van der Waals surface area (Å²) in [7, 11) is -4.35. The van der Waals surface area contributed by atoms with Crippen LogP contribution in [-0.4, -0.2) is 14.7 Å². The highest BCUT2D eigenvalue weighted by molar-refractivity contribution is 7.53. The Labute approximate surface area is 98.3 Å². The highest BCUT2D eigenvalue weighted by Crippen LogP contribution is 2.46. The van der Waals surface area contributed by atoms with Gasteiger partial charge < -0.3 is 8.83 Å². The van der Waals surface area contributed by atoms with E-state index in [1.54, 1.807) is 0 Å². The number of hydrogen-bond acceptors (Lipinski definition) is 7. The standard InChI is InChI=1S/C9H16O7P/c1-9(2,3)4-6-7(16-8(10)15-6)5-14-17(11,12)13/h11-13H,4-5H2,1-3H3/q+1. The van der Waals surface area contributed by atoms with Crippen LogP contribution in [0.4, 0.5) is 0 Å². The van der Waals surface area contributed by atoms with Crippen LogP contribution in [0.25, 0.3) is 0 Å². The van der Waals surface area contributed by atoms with Crippen molar-refractivity contribution in [2.75, 3.05) is 0 Å². The van der Waals surface area contributed by atoms with Gasteiger partial charge in [0.2, 0.25) is 0 Å². The average Bonchev–Trinajstić information content (AvgIpc) is 2.38. The Morgan fingerprint density at radius 1 is 1.18 bits per heavy atom. The van der Waals surface area contributed by atoms with Crippen LogP contribution < -0.4 is 5.82 Å². The van der Waals surface area contributed by atoms with Crippen LogP contribution in [0.5, 0.6) is 0 Å². The van der Waals surface area contributed by atoms with Gasteiger partial charge in [0.25, 0.3) is 0 Å². The zero-order valence-corrected chi connectivity index (χ0v) is 10.7. The van der Waals surface area contributed by atoms with Crippen molar-refractivity contribution in [3.05, 3.63) is 22.1 Å².